The molecule has 1 amide bonds. The standard InChI is InChI=1S/C37H57NO7S3/c1-33(2,3)25-19-23(20-26(31(25)41)34(4,5)6)46-37(13,14)47-24-21-27(35(7,8)9)32(28(22-24)36(10,11)12)45-30(40)16-15-29(39)38-17-18-48(42,43)44/h19-22,41H,15-18H2,1-14H3,(H,38,39)(H,42,43,44). The number of thioether (sulfide) groups is 2. The third-order valence-corrected chi connectivity index (χ3v) is 10.7. The maximum atomic E-state index is 13.1. The number of rotatable bonds is 11. The molecule has 0 radical (unpaired) electrons. The van der Waals surface area contributed by atoms with Crippen LogP contribution in [-0.2, 0) is 41.4 Å². The maximum Gasteiger partial charge on any atom is 0.311 e. The summed E-state index contributed by atoms with van der Waals surface area (Å²) in [6, 6.07) is 8.39. The van der Waals surface area contributed by atoms with Crippen molar-refractivity contribution >= 4 is 45.5 Å². The van der Waals surface area contributed by atoms with Gasteiger partial charge in [0.25, 0.3) is 10.1 Å². The number of amides is 1. The Morgan fingerprint density at radius 3 is 1.42 bits per heavy atom. The average molecular weight is 724 g/mol. The number of phenolic OH excluding ortho intramolecular Hbond substituents is 1. The van der Waals surface area contributed by atoms with Crippen LogP contribution in [0.4, 0.5) is 0 Å². The quantitative estimate of drug-likeness (QED) is 0.0684. The molecular formula is C37H57NO7S3. The molecule has 3 N–H and O–H groups in total. The SMILES string of the molecule is CC(C)(Sc1cc(C(C)(C)C)c(O)c(C(C)(C)C)c1)Sc1cc(C(C)(C)C)c(OC(=O)CCC(=O)NCCS(=O)(=O)O)c(C(C)(C)C)c1. The Labute approximate surface area is 297 Å². The first kappa shape index (κ1) is 42.0. The van der Waals surface area contributed by atoms with Crippen molar-refractivity contribution in [3.05, 3.63) is 46.5 Å². The van der Waals surface area contributed by atoms with Gasteiger partial charge in [0.1, 0.15) is 11.5 Å². The van der Waals surface area contributed by atoms with Gasteiger partial charge < -0.3 is 15.2 Å². The first-order valence-electron chi connectivity index (χ1n) is 16.3. The minimum atomic E-state index is -4.20. The number of esters is 1. The zero-order valence-corrected chi connectivity index (χ0v) is 33.7. The first-order chi connectivity index (χ1) is 21.4. The number of hydrogen-bond acceptors (Lipinski definition) is 8. The second-order valence-corrected chi connectivity index (χ2v) is 22.2. The van der Waals surface area contributed by atoms with Crippen LogP contribution in [0.15, 0.2) is 34.1 Å². The summed E-state index contributed by atoms with van der Waals surface area (Å²) in [6.07, 6.45) is -0.366. The molecule has 0 aliphatic heterocycles. The van der Waals surface area contributed by atoms with E-state index in [0.717, 1.165) is 32.0 Å². The van der Waals surface area contributed by atoms with E-state index in [2.05, 4.69) is 127 Å². The summed E-state index contributed by atoms with van der Waals surface area (Å²) < 4.78 is 36.4. The molecule has 0 saturated heterocycles. The molecule has 270 valence electrons. The molecule has 0 unspecified atom stereocenters. The molecule has 0 aliphatic carbocycles. The molecule has 0 aliphatic rings. The van der Waals surface area contributed by atoms with Gasteiger partial charge in [-0.2, -0.15) is 8.42 Å². The number of benzene rings is 2. The summed E-state index contributed by atoms with van der Waals surface area (Å²) in [5.41, 5.74) is 2.36. The lowest BCUT2D eigenvalue weighted by Gasteiger charge is -2.32. The minimum absolute atomic E-state index is 0.176. The fourth-order valence-corrected chi connectivity index (χ4v) is 8.02. The largest absolute Gasteiger partial charge is 0.507 e. The van der Waals surface area contributed by atoms with E-state index < -0.39 is 27.7 Å². The Morgan fingerprint density at radius 1 is 0.688 bits per heavy atom. The van der Waals surface area contributed by atoms with Gasteiger partial charge in [-0.1, -0.05) is 83.1 Å². The zero-order valence-electron chi connectivity index (χ0n) is 31.3. The van der Waals surface area contributed by atoms with Crippen molar-refractivity contribution in [1.29, 1.82) is 0 Å². The Balaban J connectivity index is 2.47. The highest BCUT2D eigenvalue weighted by atomic mass is 32.2. The van der Waals surface area contributed by atoms with Gasteiger partial charge in [-0.15, -0.1) is 23.5 Å². The van der Waals surface area contributed by atoms with Gasteiger partial charge in [0.2, 0.25) is 5.91 Å². The molecule has 0 aromatic heterocycles. The zero-order chi connectivity index (χ0) is 37.3. The number of aromatic hydroxyl groups is 1. The van der Waals surface area contributed by atoms with E-state index in [0.29, 0.717) is 11.5 Å². The van der Waals surface area contributed by atoms with Gasteiger partial charge >= 0.3 is 5.97 Å². The lowest BCUT2D eigenvalue weighted by atomic mass is 9.79. The highest BCUT2D eigenvalue weighted by Crippen LogP contribution is 2.51. The van der Waals surface area contributed by atoms with Crippen LogP contribution in [0.2, 0.25) is 0 Å². The second-order valence-electron chi connectivity index (χ2n) is 16.9. The number of phenols is 1. The summed E-state index contributed by atoms with van der Waals surface area (Å²) in [7, 11) is -4.20. The van der Waals surface area contributed by atoms with Crippen LogP contribution in [0.5, 0.6) is 11.5 Å². The Kier molecular flexibility index (Phi) is 13.1. The van der Waals surface area contributed by atoms with E-state index in [1.165, 1.54) is 0 Å². The minimum Gasteiger partial charge on any atom is -0.507 e. The molecule has 0 bridgehead atoms. The third kappa shape index (κ3) is 12.6. The van der Waals surface area contributed by atoms with Gasteiger partial charge in [0.15, 0.2) is 0 Å². The molecule has 0 fully saturated rings. The molecule has 2 aromatic rings. The predicted molar refractivity (Wildman–Crippen MR) is 199 cm³/mol. The van der Waals surface area contributed by atoms with Crippen LogP contribution in [0.1, 0.15) is 132 Å². The van der Waals surface area contributed by atoms with E-state index >= 15 is 0 Å². The fraction of sp³-hybridized carbons (Fsp3) is 0.622. The summed E-state index contributed by atoms with van der Waals surface area (Å²) in [6.45, 7) is 29.2. The highest BCUT2D eigenvalue weighted by molar-refractivity contribution is 8.18. The van der Waals surface area contributed by atoms with Gasteiger partial charge in [-0.25, -0.2) is 0 Å². The van der Waals surface area contributed by atoms with Crippen molar-refractivity contribution in [3.63, 3.8) is 0 Å². The van der Waals surface area contributed by atoms with Crippen molar-refractivity contribution in [1.82, 2.24) is 5.32 Å². The summed E-state index contributed by atoms with van der Waals surface area (Å²) in [4.78, 5) is 27.4. The van der Waals surface area contributed by atoms with Crippen LogP contribution in [0, 0.1) is 0 Å². The number of nitrogens with one attached hydrogen (secondary N) is 1. The smallest absolute Gasteiger partial charge is 0.311 e. The molecular weight excluding hydrogens is 667 g/mol. The van der Waals surface area contributed by atoms with Crippen LogP contribution >= 0.6 is 23.5 Å². The van der Waals surface area contributed by atoms with Gasteiger partial charge in [0, 0.05) is 45.0 Å². The fourth-order valence-electron chi connectivity index (χ4n) is 5.07. The van der Waals surface area contributed by atoms with Crippen molar-refractivity contribution in [2.24, 2.45) is 0 Å². The lowest BCUT2D eigenvalue weighted by Crippen LogP contribution is -2.29. The summed E-state index contributed by atoms with van der Waals surface area (Å²) in [5, 5.41) is 13.6. The Hall–Kier alpha value is -2.21. The van der Waals surface area contributed by atoms with Gasteiger partial charge in [-0.3, -0.25) is 14.1 Å². The maximum absolute atomic E-state index is 13.1. The van der Waals surface area contributed by atoms with Crippen molar-refractivity contribution in [2.75, 3.05) is 12.3 Å². The normalized spacial score (nSPS) is 13.4. The van der Waals surface area contributed by atoms with E-state index in [-0.39, 0.29) is 45.1 Å². The van der Waals surface area contributed by atoms with Crippen LogP contribution in [-0.4, -0.2) is 46.3 Å². The molecule has 8 nitrogen and oxygen atoms in total. The summed E-state index contributed by atoms with van der Waals surface area (Å²) >= 11 is 3.48. The van der Waals surface area contributed by atoms with Gasteiger partial charge in [0.05, 0.1) is 16.3 Å². The van der Waals surface area contributed by atoms with E-state index in [9.17, 15) is 23.1 Å². The van der Waals surface area contributed by atoms with Crippen molar-refractivity contribution in [2.45, 2.75) is 145 Å². The topological polar surface area (TPSA) is 130 Å². The molecule has 48 heavy (non-hydrogen) atoms. The van der Waals surface area contributed by atoms with Crippen molar-refractivity contribution < 1.29 is 32.4 Å². The molecule has 11 heteroatoms. The van der Waals surface area contributed by atoms with E-state index in [4.69, 9.17) is 9.29 Å². The third-order valence-electron chi connectivity index (χ3n) is 7.56. The number of ether oxygens (including phenoxy) is 1. The van der Waals surface area contributed by atoms with Crippen LogP contribution in [0.25, 0.3) is 0 Å². The van der Waals surface area contributed by atoms with E-state index in [1.54, 1.807) is 23.5 Å². The Bertz CT molecular complexity index is 1530. The predicted octanol–water partition coefficient (Wildman–Crippen LogP) is 8.89. The molecule has 0 spiro atoms. The van der Waals surface area contributed by atoms with Crippen molar-refractivity contribution in [3.8, 4) is 11.5 Å². The average Bonchev–Trinajstić information content (AvgIpc) is 2.85. The lowest BCUT2D eigenvalue weighted by molar-refractivity contribution is -0.136. The van der Waals surface area contributed by atoms with Crippen LogP contribution < -0.4 is 10.1 Å². The van der Waals surface area contributed by atoms with E-state index in [1.807, 2.05) is 0 Å². The van der Waals surface area contributed by atoms with Crippen LogP contribution in [0.3, 0.4) is 0 Å². The monoisotopic (exact) mass is 723 g/mol. The molecule has 0 heterocycles. The van der Waals surface area contributed by atoms with Gasteiger partial charge in [-0.05, 0) is 59.8 Å². The highest BCUT2D eigenvalue weighted by Gasteiger charge is 2.33. The summed E-state index contributed by atoms with van der Waals surface area (Å²) in [5.74, 6) is -0.824. The molecule has 0 saturated carbocycles. The number of carbonyl (C=O) groups is 2. The number of carbonyl (C=O) groups excluding carboxylic acids is 2. The number of hydrogen-bond donors (Lipinski definition) is 3. The second kappa shape index (κ2) is 15.0. The molecule has 0 atom stereocenters. The Morgan fingerprint density at radius 2 is 1.06 bits per heavy atom. The molecule has 2 aromatic carbocycles. The first-order valence-corrected chi connectivity index (χ1v) is 19.5. The molecule has 2 rings (SSSR count).